The number of phenolic OH excluding ortho intramolecular Hbond substituents is 1. The van der Waals surface area contributed by atoms with Gasteiger partial charge in [-0.3, -0.25) is 4.90 Å². The minimum absolute atomic E-state index is 0.371. The summed E-state index contributed by atoms with van der Waals surface area (Å²) >= 11 is 0. The molecule has 0 aromatic heterocycles. The summed E-state index contributed by atoms with van der Waals surface area (Å²) in [7, 11) is 0. The summed E-state index contributed by atoms with van der Waals surface area (Å²) in [5, 5.41) is 13.0. The van der Waals surface area contributed by atoms with E-state index in [9.17, 15) is 5.11 Å². The van der Waals surface area contributed by atoms with Gasteiger partial charge in [-0.1, -0.05) is 19.1 Å². The van der Waals surface area contributed by atoms with Crippen LogP contribution < -0.4 is 5.32 Å². The summed E-state index contributed by atoms with van der Waals surface area (Å²) in [5.74, 6) is 1.20. The lowest BCUT2D eigenvalue weighted by molar-refractivity contribution is 0.198. The van der Waals surface area contributed by atoms with E-state index < -0.39 is 0 Å². The van der Waals surface area contributed by atoms with E-state index in [1.807, 2.05) is 12.1 Å². The maximum absolute atomic E-state index is 9.55. The van der Waals surface area contributed by atoms with Gasteiger partial charge < -0.3 is 10.4 Å². The van der Waals surface area contributed by atoms with Gasteiger partial charge in [0.05, 0.1) is 0 Å². The van der Waals surface area contributed by atoms with Crippen molar-refractivity contribution in [1.29, 1.82) is 0 Å². The molecule has 0 spiro atoms. The third-order valence-corrected chi connectivity index (χ3v) is 3.83. The lowest BCUT2D eigenvalue weighted by Gasteiger charge is -2.30. The summed E-state index contributed by atoms with van der Waals surface area (Å²) in [6.45, 7) is 7.84. The fraction of sp³-hybridized carbons (Fsp3) is 0.625. The Balaban J connectivity index is 1.91. The molecule has 1 aromatic rings. The molecule has 0 atom stereocenters. The average molecular weight is 262 g/mol. The van der Waals surface area contributed by atoms with E-state index in [2.05, 4.69) is 23.2 Å². The summed E-state index contributed by atoms with van der Waals surface area (Å²) in [6.07, 6.45) is 3.77. The van der Waals surface area contributed by atoms with E-state index in [0.717, 1.165) is 32.1 Å². The molecule has 0 unspecified atom stereocenters. The second-order valence-corrected chi connectivity index (χ2v) is 5.60. The van der Waals surface area contributed by atoms with Crippen LogP contribution in [0.25, 0.3) is 0 Å². The molecule has 3 nitrogen and oxygen atoms in total. The molecule has 3 heteroatoms. The predicted molar refractivity (Wildman–Crippen MR) is 79.3 cm³/mol. The lowest BCUT2D eigenvalue weighted by atomic mass is 9.97. The highest BCUT2D eigenvalue weighted by molar-refractivity contribution is 5.26. The Hall–Kier alpha value is -1.06. The molecule has 19 heavy (non-hydrogen) atoms. The second kappa shape index (κ2) is 7.51. The molecule has 106 valence electrons. The van der Waals surface area contributed by atoms with Gasteiger partial charge in [0.2, 0.25) is 0 Å². The van der Waals surface area contributed by atoms with Crippen molar-refractivity contribution in [3.8, 4) is 5.75 Å². The number of phenols is 1. The van der Waals surface area contributed by atoms with Crippen LogP contribution in [0.1, 0.15) is 31.7 Å². The normalized spacial score (nSPS) is 16.9. The largest absolute Gasteiger partial charge is 0.508 e. The van der Waals surface area contributed by atoms with E-state index in [0.29, 0.717) is 5.75 Å². The van der Waals surface area contributed by atoms with Crippen LogP contribution in [0.4, 0.5) is 0 Å². The molecule has 1 aromatic carbocycles. The molecular formula is C16H26N2O. The summed E-state index contributed by atoms with van der Waals surface area (Å²) in [4.78, 5) is 2.53. The molecule has 0 aliphatic carbocycles. The molecule has 2 N–H and O–H groups in total. The minimum Gasteiger partial charge on any atom is -0.508 e. The maximum Gasteiger partial charge on any atom is 0.115 e. The van der Waals surface area contributed by atoms with Crippen molar-refractivity contribution in [3.05, 3.63) is 29.8 Å². The van der Waals surface area contributed by atoms with Crippen molar-refractivity contribution in [2.45, 2.75) is 32.7 Å². The SMILES string of the molecule is CCCN(Cc1cccc(O)c1)CC1CCNCC1. The zero-order chi connectivity index (χ0) is 13.5. The third kappa shape index (κ3) is 4.84. The van der Waals surface area contributed by atoms with Crippen molar-refractivity contribution in [2.24, 2.45) is 5.92 Å². The number of hydrogen-bond acceptors (Lipinski definition) is 3. The number of nitrogens with one attached hydrogen (secondary N) is 1. The number of benzene rings is 1. The zero-order valence-corrected chi connectivity index (χ0v) is 11.9. The summed E-state index contributed by atoms with van der Waals surface area (Å²) in [5.41, 5.74) is 1.21. The van der Waals surface area contributed by atoms with E-state index >= 15 is 0 Å². The molecule has 0 radical (unpaired) electrons. The first kappa shape index (κ1) is 14.4. The standard InChI is InChI=1S/C16H26N2O/c1-2-10-18(12-14-6-8-17-9-7-14)13-15-4-3-5-16(19)11-15/h3-5,11,14,17,19H,2,6-10,12-13H2,1H3. The van der Waals surface area contributed by atoms with Gasteiger partial charge in [0.1, 0.15) is 5.75 Å². The minimum atomic E-state index is 0.371. The number of nitrogens with zero attached hydrogens (tertiary/aromatic N) is 1. The highest BCUT2D eigenvalue weighted by Gasteiger charge is 2.16. The fourth-order valence-electron chi connectivity index (χ4n) is 2.89. The highest BCUT2D eigenvalue weighted by Crippen LogP contribution is 2.17. The van der Waals surface area contributed by atoms with Crippen molar-refractivity contribution < 1.29 is 5.11 Å². The third-order valence-electron chi connectivity index (χ3n) is 3.83. The lowest BCUT2D eigenvalue weighted by Crippen LogP contribution is -2.36. The molecule has 0 amide bonds. The van der Waals surface area contributed by atoms with Crippen LogP contribution in [-0.2, 0) is 6.54 Å². The van der Waals surface area contributed by atoms with Crippen LogP contribution in [-0.4, -0.2) is 36.2 Å². The van der Waals surface area contributed by atoms with E-state index in [-0.39, 0.29) is 0 Å². The Morgan fingerprint density at radius 1 is 1.32 bits per heavy atom. The van der Waals surface area contributed by atoms with Crippen LogP contribution in [0.2, 0.25) is 0 Å². The molecule has 1 aliphatic rings. The van der Waals surface area contributed by atoms with Crippen LogP contribution >= 0.6 is 0 Å². The second-order valence-electron chi connectivity index (χ2n) is 5.60. The molecule has 1 heterocycles. The molecule has 1 saturated heterocycles. The van der Waals surface area contributed by atoms with Crippen LogP contribution in [0.5, 0.6) is 5.75 Å². The monoisotopic (exact) mass is 262 g/mol. The van der Waals surface area contributed by atoms with Gasteiger partial charge in [0.15, 0.2) is 0 Å². The first-order valence-corrected chi connectivity index (χ1v) is 7.49. The molecule has 0 saturated carbocycles. The maximum atomic E-state index is 9.55. The van der Waals surface area contributed by atoms with Gasteiger partial charge >= 0.3 is 0 Å². The Morgan fingerprint density at radius 2 is 2.11 bits per heavy atom. The first-order valence-electron chi connectivity index (χ1n) is 7.49. The van der Waals surface area contributed by atoms with Gasteiger partial charge in [-0.25, -0.2) is 0 Å². The smallest absolute Gasteiger partial charge is 0.115 e. The summed E-state index contributed by atoms with van der Waals surface area (Å²) < 4.78 is 0. The average Bonchev–Trinajstić information content (AvgIpc) is 2.40. The Kier molecular flexibility index (Phi) is 5.67. The highest BCUT2D eigenvalue weighted by atomic mass is 16.3. The van der Waals surface area contributed by atoms with E-state index in [1.165, 1.54) is 31.4 Å². The number of aromatic hydroxyl groups is 1. The first-order chi connectivity index (χ1) is 9.28. The Labute approximate surface area is 116 Å². The number of piperidine rings is 1. The molecular weight excluding hydrogens is 236 g/mol. The predicted octanol–water partition coefficient (Wildman–Crippen LogP) is 2.60. The Bertz CT molecular complexity index is 375. The molecule has 2 rings (SSSR count). The van der Waals surface area contributed by atoms with E-state index in [1.54, 1.807) is 6.07 Å². The topological polar surface area (TPSA) is 35.5 Å². The van der Waals surface area contributed by atoms with E-state index in [4.69, 9.17) is 0 Å². The van der Waals surface area contributed by atoms with Crippen LogP contribution in [0.3, 0.4) is 0 Å². The Morgan fingerprint density at radius 3 is 2.79 bits per heavy atom. The van der Waals surface area contributed by atoms with Gasteiger partial charge in [0.25, 0.3) is 0 Å². The zero-order valence-electron chi connectivity index (χ0n) is 11.9. The molecule has 1 aliphatic heterocycles. The molecule has 0 bridgehead atoms. The van der Waals surface area contributed by atoms with Crippen LogP contribution in [0, 0.1) is 5.92 Å². The van der Waals surface area contributed by atoms with Crippen molar-refractivity contribution in [3.63, 3.8) is 0 Å². The number of rotatable bonds is 6. The quantitative estimate of drug-likeness (QED) is 0.827. The fourth-order valence-corrected chi connectivity index (χ4v) is 2.89. The van der Waals surface area contributed by atoms with Gasteiger partial charge in [-0.15, -0.1) is 0 Å². The van der Waals surface area contributed by atoms with Gasteiger partial charge in [0, 0.05) is 13.1 Å². The van der Waals surface area contributed by atoms with Crippen LogP contribution in [0.15, 0.2) is 24.3 Å². The number of hydrogen-bond donors (Lipinski definition) is 2. The molecule has 1 fully saturated rings. The van der Waals surface area contributed by atoms with Crippen molar-refractivity contribution in [1.82, 2.24) is 10.2 Å². The van der Waals surface area contributed by atoms with Crippen molar-refractivity contribution >= 4 is 0 Å². The van der Waals surface area contributed by atoms with Gasteiger partial charge in [-0.05, 0) is 62.5 Å². The van der Waals surface area contributed by atoms with Crippen molar-refractivity contribution in [2.75, 3.05) is 26.2 Å². The van der Waals surface area contributed by atoms with Gasteiger partial charge in [-0.2, -0.15) is 0 Å². The summed E-state index contributed by atoms with van der Waals surface area (Å²) in [6, 6.07) is 7.65.